The second-order valence-corrected chi connectivity index (χ2v) is 4.33. The number of ether oxygens (including phenoxy) is 1. The first-order chi connectivity index (χ1) is 7.25. The smallest absolute Gasteiger partial charge is 0.193 e. The molecule has 15 heavy (non-hydrogen) atoms. The fraction of sp³-hybridized carbons (Fsp3) is 0.636. The molecule has 1 aliphatic rings. The van der Waals surface area contributed by atoms with E-state index in [0.717, 1.165) is 31.9 Å². The predicted octanol–water partition coefficient (Wildman–Crippen LogP) is 2.45. The summed E-state index contributed by atoms with van der Waals surface area (Å²) in [6, 6.07) is 3.66. The first-order valence-electron chi connectivity index (χ1n) is 5.32. The van der Waals surface area contributed by atoms with Crippen molar-refractivity contribution in [3.05, 3.63) is 23.1 Å². The van der Waals surface area contributed by atoms with Gasteiger partial charge >= 0.3 is 0 Å². The lowest BCUT2D eigenvalue weighted by molar-refractivity contribution is 0.105. The molecule has 1 fully saturated rings. The minimum absolute atomic E-state index is 0.373. The Morgan fingerprint density at radius 2 is 2.40 bits per heavy atom. The van der Waals surface area contributed by atoms with Crippen LogP contribution >= 0.6 is 11.6 Å². The van der Waals surface area contributed by atoms with Gasteiger partial charge in [0.1, 0.15) is 5.76 Å². The van der Waals surface area contributed by atoms with Gasteiger partial charge in [-0.3, -0.25) is 0 Å². The van der Waals surface area contributed by atoms with Gasteiger partial charge in [-0.05, 0) is 43.0 Å². The Balaban J connectivity index is 1.70. The molecule has 1 aromatic heterocycles. The molecule has 0 radical (unpaired) electrons. The summed E-state index contributed by atoms with van der Waals surface area (Å²) >= 11 is 5.68. The molecule has 2 unspecified atom stereocenters. The molecule has 84 valence electrons. The topological polar surface area (TPSA) is 34.4 Å². The van der Waals surface area contributed by atoms with Crippen molar-refractivity contribution in [3.63, 3.8) is 0 Å². The van der Waals surface area contributed by atoms with Gasteiger partial charge in [-0.2, -0.15) is 0 Å². The second-order valence-electron chi connectivity index (χ2n) is 3.96. The van der Waals surface area contributed by atoms with Crippen LogP contribution in [-0.4, -0.2) is 19.3 Å². The molecule has 2 rings (SSSR count). The van der Waals surface area contributed by atoms with Crippen LogP contribution in [0.4, 0.5) is 0 Å². The van der Waals surface area contributed by atoms with Gasteiger partial charge in [0, 0.05) is 13.2 Å². The van der Waals surface area contributed by atoms with Crippen LogP contribution in [0, 0.1) is 5.92 Å². The van der Waals surface area contributed by atoms with Crippen LogP contribution in [-0.2, 0) is 11.3 Å². The summed E-state index contributed by atoms with van der Waals surface area (Å²) in [4.78, 5) is 0. The fourth-order valence-corrected chi connectivity index (χ4v) is 2.03. The van der Waals surface area contributed by atoms with Crippen molar-refractivity contribution < 1.29 is 9.15 Å². The Labute approximate surface area is 94.7 Å². The maximum Gasteiger partial charge on any atom is 0.193 e. The molecule has 0 amide bonds. The van der Waals surface area contributed by atoms with Crippen LogP contribution in [0.1, 0.15) is 19.1 Å². The van der Waals surface area contributed by atoms with Gasteiger partial charge in [-0.25, -0.2) is 0 Å². The predicted molar refractivity (Wildman–Crippen MR) is 58.9 cm³/mol. The molecule has 1 aromatic rings. The van der Waals surface area contributed by atoms with Gasteiger partial charge < -0.3 is 14.5 Å². The van der Waals surface area contributed by atoms with Crippen LogP contribution < -0.4 is 5.32 Å². The zero-order chi connectivity index (χ0) is 10.7. The van der Waals surface area contributed by atoms with E-state index < -0.39 is 0 Å². The van der Waals surface area contributed by atoms with E-state index in [0.29, 0.717) is 17.2 Å². The number of rotatable bonds is 4. The van der Waals surface area contributed by atoms with E-state index in [2.05, 4.69) is 12.2 Å². The van der Waals surface area contributed by atoms with Gasteiger partial charge in [0.15, 0.2) is 5.22 Å². The van der Waals surface area contributed by atoms with Crippen molar-refractivity contribution in [1.29, 1.82) is 0 Å². The van der Waals surface area contributed by atoms with E-state index >= 15 is 0 Å². The van der Waals surface area contributed by atoms with Crippen molar-refractivity contribution in [1.82, 2.24) is 5.32 Å². The number of halogens is 1. The molecule has 0 aliphatic carbocycles. The van der Waals surface area contributed by atoms with Crippen LogP contribution in [0.2, 0.25) is 5.22 Å². The number of hydrogen-bond acceptors (Lipinski definition) is 3. The average Bonchev–Trinajstić information content (AvgIpc) is 2.77. The van der Waals surface area contributed by atoms with Crippen molar-refractivity contribution in [2.24, 2.45) is 5.92 Å². The maximum absolute atomic E-state index is 5.68. The Morgan fingerprint density at radius 3 is 3.00 bits per heavy atom. The maximum atomic E-state index is 5.68. The van der Waals surface area contributed by atoms with Crippen molar-refractivity contribution >= 4 is 11.6 Å². The molecule has 2 heterocycles. The highest BCUT2D eigenvalue weighted by Gasteiger charge is 2.23. The Hall–Kier alpha value is -0.510. The lowest BCUT2D eigenvalue weighted by atomic mass is 10.0. The molecule has 1 aliphatic heterocycles. The molecule has 1 saturated heterocycles. The lowest BCUT2D eigenvalue weighted by Gasteiger charge is -2.13. The molecule has 0 aromatic carbocycles. The fourth-order valence-electron chi connectivity index (χ4n) is 1.87. The van der Waals surface area contributed by atoms with Crippen LogP contribution in [0.25, 0.3) is 0 Å². The van der Waals surface area contributed by atoms with E-state index in [-0.39, 0.29) is 0 Å². The minimum Gasteiger partial charge on any atom is -0.448 e. The van der Waals surface area contributed by atoms with Gasteiger partial charge in [0.25, 0.3) is 0 Å². The highest BCUT2D eigenvalue weighted by atomic mass is 35.5. The molecular weight excluding hydrogens is 214 g/mol. The summed E-state index contributed by atoms with van der Waals surface area (Å²) in [5, 5.41) is 3.80. The van der Waals surface area contributed by atoms with Gasteiger partial charge in [-0.1, -0.05) is 0 Å². The van der Waals surface area contributed by atoms with Gasteiger partial charge in [0.05, 0.1) is 12.6 Å². The standard InChI is InChI=1S/C11H16ClNO2/c1-8-9(4-5-14-8)6-13-7-10-2-3-11(12)15-10/h2-3,8-9,13H,4-7H2,1H3. The SMILES string of the molecule is CC1OCCC1CNCc1ccc(Cl)o1. The highest BCUT2D eigenvalue weighted by Crippen LogP contribution is 2.19. The van der Waals surface area contributed by atoms with E-state index in [1.165, 1.54) is 0 Å². The Morgan fingerprint density at radius 1 is 1.53 bits per heavy atom. The highest BCUT2D eigenvalue weighted by molar-refractivity contribution is 6.28. The minimum atomic E-state index is 0.373. The summed E-state index contributed by atoms with van der Waals surface area (Å²) in [5.74, 6) is 1.50. The molecule has 0 bridgehead atoms. The third kappa shape index (κ3) is 2.97. The molecule has 0 spiro atoms. The Kier molecular flexibility index (Phi) is 3.67. The van der Waals surface area contributed by atoms with Crippen LogP contribution in [0.15, 0.2) is 16.5 Å². The first kappa shape index (κ1) is 11.0. The normalized spacial score (nSPS) is 26.0. The molecule has 1 N–H and O–H groups in total. The van der Waals surface area contributed by atoms with Gasteiger partial charge in [-0.15, -0.1) is 0 Å². The summed E-state index contributed by atoms with van der Waals surface area (Å²) < 4.78 is 10.7. The van der Waals surface area contributed by atoms with Gasteiger partial charge in [0.2, 0.25) is 0 Å². The summed E-state index contributed by atoms with van der Waals surface area (Å²) in [6.07, 6.45) is 1.52. The second kappa shape index (κ2) is 5.01. The van der Waals surface area contributed by atoms with E-state index in [4.69, 9.17) is 20.8 Å². The largest absolute Gasteiger partial charge is 0.448 e. The van der Waals surface area contributed by atoms with E-state index in [1.54, 1.807) is 6.07 Å². The average molecular weight is 230 g/mol. The molecule has 2 atom stereocenters. The third-order valence-electron chi connectivity index (χ3n) is 2.87. The molecule has 3 nitrogen and oxygen atoms in total. The lowest BCUT2D eigenvalue weighted by Crippen LogP contribution is -2.26. The monoisotopic (exact) mass is 229 g/mol. The summed E-state index contributed by atoms with van der Waals surface area (Å²) in [5.41, 5.74) is 0. The zero-order valence-corrected chi connectivity index (χ0v) is 9.59. The van der Waals surface area contributed by atoms with Crippen LogP contribution in [0.5, 0.6) is 0 Å². The quantitative estimate of drug-likeness (QED) is 0.861. The van der Waals surface area contributed by atoms with Crippen molar-refractivity contribution in [3.8, 4) is 0 Å². The van der Waals surface area contributed by atoms with E-state index in [1.807, 2.05) is 6.07 Å². The van der Waals surface area contributed by atoms with Crippen LogP contribution in [0.3, 0.4) is 0 Å². The third-order valence-corrected chi connectivity index (χ3v) is 3.07. The molecule has 4 heteroatoms. The summed E-state index contributed by atoms with van der Waals surface area (Å²) in [7, 11) is 0. The van der Waals surface area contributed by atoms with E-state index in [9.17, 15) is 0 Å². The van der Waals surface area contributed by atoms with Crippen molar-refractivity contribution in [2.45, 2.75) is 26.0 Å². The number of furan rings is 1. The first-order valence-corrected chi connectivity index (χ1v) is 5.70. The Bertz CT molecular complexity index is 313. The molecular formula is C11H16ClNO2. The zero-order valence-electron chi connectivity index (χ0n) is 8.83. The number of hydrogen-bond donors (Lipinski definition) is 1. The number of nitrogens with one attached hydrogen (secondary N) is 1. The molecule has 0 saturated carbocycles. The van der Waals surface area contributed by atoms with Crippen molar-refractivity contribution in [2.75, 3.05) is 13.2 Å². The summed E-state index contributed by atoms with van der Waals surface area (Å²) in [6.45, 7) is 4.72.